The van der Waals surface area contributed by atoms with Crippen molar-refractivity contribution in [1.29, 1.82) is 0 Å². The van der Waals surface area contributed by atoms with Crippen LogP contribution in [0, 0.1) is 0 Å². The Bertz CT molecular complexity index is 604. The number of nitrogens with zero attached hydrogens (tertiary/aromatic N) is 4. The van der Waals surface area contributed by atoms with Crippen molar-refractivity contribution in [2.75, 3.05) is 17.2 Å². The standard InChI is InChI=1S/C15H19N5O/c1-11-5-2-3-8-20(11)14-13(16)15(19-10-18-14)21-12-6-4-7-17-9-12/h4,6-7,9-11H,2-3,5,8,16H2,1H3. The average Bonchev–Trinajstić information content (AvgIpc) is 2.51. The lowest BCUT2D eigenvalue weighted by Crippen LogP contribution is -2.38. The van der Waals surface area contributed by atoms with E-state index in [1.165, 1.54) is 12.7 Å². The average molecular weight is 285 g/mol. The van der Waals surface area contributed by atoms with Gasteiger partial charge in [-0.05, 0) is 38.3 Å². The van der Waals surface area contributed by atoms with Crippen LogP contribution in [0.15, 0.2) is 30.9 Å². The molecule has 110 valence electrons. The van der Waals surface area contributed by atoms with Crippen LogP contribution in [0.3, 0.4) is 0 Å². The quantitative estimate of drug-likeness (QED) is 0.934. The summed E-state index contributed by atoms with van der Waals surface area (Å²) in [6.45, 7) is 3.16. The molecule has 0 bridgehead atoms. The highest BCUT2D eigenvalue weighted by molar-refractivity contribution is 5.68. The van der Waals surface area contributed by atoms with Gasteiger partial charge in [-0.25, -0.2) is 4.98 Å². The number of hydrogen-bond donors (Lipinski definition) is 1. The van der Waals surface area contributed by atoms with Crippen molar-refractivity contribution in [3.8, 4) is 11.6 Å². The molecule has 6 heteroatoms. The van der Waals surface area contributed by atoms with E-state index >= 15 is 0 Å². The molecular weight excluding hydrogens is 266 g/mol. The zero-order chi connectivity index (χ0) is 14.7. The van der Waals surface area contributed by atoms with Crippen molar-refractivity contribution < 1.29 is 4.74 Å². The van der Waals surface area contributed by atoms with Crippen LogP contribution in [0.5, 0.6) is 11.6 Å². The molecule has 1 aliphatic heterocycles. The number of pyridine rings is 1. The molecule has 0 spiro atoms. The first-order chi connectivity index (χ1) is 10.3. The Kier molecular flexibility index (Phi) is 3.85. The molecule has 6 nitrogen and oxygen atoms in total. The number of aromatic nitrogens is 3. The SMILES string of the molecule is CC1CCCCN1c1ncnc(Oc2cccnc2)c1N. The molecule has 0 aliphatic carbocycles. The minimum absolute atomic E-state index is 0.380. The molecule has 1 fully saturated rings. The number of rotatable bonds is 3. The van der Waals surface area contributed by atoms with Crippen LogP contribution in [0.4, 0.5) is 11.5 Å². The van der Waals surface area contributed by atoms with Gasteiger partial charge in [0.1, 0.15) is 17.8 Å². The normalized spacial score (nSPS) is 18.5. The van der Waals surface area contributed by atoms with Crippen LogP contribution in [0.1, 0.15) is 26.2 Å². The lowest BCUT2D eigenvalue weighted by atomic mass is 10.0. The van der Waals surface area contributed by atoms with Crippen molar-refractivity contribution in [2.24, 2.45) is 0 Å². The Morgan fingerprint density at radius 1 is 1.33 bits per heavy atom. The highest BCUT2D eigenvalue weighted by Crippen LogP contribution is 2.33. The highest BCUT2D eigenvalue weighted by Gasteiger charge is 2.23. The third kappa shape index (κ3) is 2.89. The molecule has 1 unspecified atom stereocenters. The topological polar surface area (TPSA) is 77.2 Å². The zero-order valence-electron chi connectivity index (χ0n) is 12.1. The van der Waals surface area contributed by atoms with Gasteiger partial charge in [-0.3, -0.25) is 4.98 Å². The molecule has 3 heterocycles. The molecule has 2 N–H and O–H groups in total. The molecule has 0 aromatic carbocycles. The molecule has 2 aromatic rings. The summed E-state index contributed by atoms with van der Waals surface area (Å²) in [7, 11) is 0. The number of nitrogen functional groups attached to an aromatic ring is 1. The van der Waals surface area contributed by atoms with Crippen LogP contribution in [-0.2, 0) is 0 Å². The molecule has 2 aromatic heterocycles. The van der Waals surface area contributed by atoms with Gasteiger partial charge in [0.15, 0.2) is 5.82 Å². The molecule has 0 saturated carbocycles. The van der Waals surface area contributed by atoms with Crippen LogP contribution in [0.25, 0.3) is 0 Å². The first-order valence-corrected chi connectivity index (χ1v) is 7.20. The van der Waals surface area contributed by atoms with Gasteiger partial charge >= 0.3 is 0 Å². The van der Waals surface area contributed by atoms with E-state index in [1.807, 2.05) is 6.07 Å². The van der Waals surface area contributed by atoms with Crippen molar-refractivity contribution in [3.05, 3.63) is 30.9 Å². The summed E-state index contributed by atoms with van der Waals surface area (Å²) in [4.78, 5) is 14.7. The lowest BCUT2D eigenvalue weighted by molar-refractivity contribution is 0.457. The zero-order valence-corrected chi connectivity index (χ0v) is 12.1. The Hall–Kier alpha value is -2.37. The van der Waals surface area contributed by atoms with E-state index in [0.29, 0.717) is 23.4 Å². The van der Waals surface area contributed by atoms with E-state index in [0.717, 1.165) is 25.2 Å². The minimum Gasteiger partial charge on any atom is -0.435 e. The van der Waals surface area contributed by atoms with E-state index in [4.69, 9.17) is 10.5 Å². The lowest BCUT2D eigenvalue weighted by Gasteiger charge is -2.35. The Balaban J connectivity index is 1.88. The van der Waals surface area contributed by atoms with Gasteiger partial charge in [0.05, 0.1) is 6.20 Å². The second-order valence-corrected chi connectivity index (χ2v) is 5.25. The van der Waals surface area contributed by atoms with Crippen molar-refractivity contribution in [1.82, 2.24) is 15.0 Å². The number of nitrogens with two attached hydrogens (primary N) is 1. The number of piperidine rings is 1. The van der Waals surface area contributed by atoms with E-state index < -0.39 is 0 Å². The maximum atomic E-state index is 6.21. The van der Waals surface area contributed by atoms with Crippen LogP contribution in [-0.4, -0.2) is 27.5 Å². The summed E-state index contributed by atoms with van der Waals surface area (Å²) in [5.74, 6) is 1.75. The summed E-state index contributed by atoms with van der Waals surface area (Å²) < 4.78 is 5.71. The van der Waals surface area contributed by atoms with E-state index in [1.54, 1.807) is 18.5 Å². The minimum atomic E-state index is 0.380. The number of hydrogen-bond acceptors (Lipinski definition) is 6. The van der Waals surface area contributed by atoms with Gasteiger partial charge < -0.3 is 15.4 Å². The fourth-order valence-corrected chi connectivity index (χ4v) is 2.61. The van der Waals surface area contributed by atoms with Gasteiger partial charge in [0, 0.05) is 18.8 Å². The van der Waals surface area contributed by atoms with E-state index in [-0.39, 0.29) is 0 Å². The molecule has 0 radical (unpaired) electrons. The summed E-state index contributed by atoms with van der Waals surface area (Å²) in [5.41, 5.74) is 6.69. The monoisotopic (exact) mass is 285 g/mol. The molecule has 3 rings (SSSR count). The highest BCUT2D eigenvalue weighted by atomic mass is 16.5. The predicted molar refractivity (Wildman–Crippen MR) is 81.4 cm³/mol. The van der Waals surface area contributed by atoms with Gasteiger partial charge in [-0.1, -0.05) is 0 Å². The Morgan fingerprint density at radius 2 is 2.24 bits per heavy atom. The number of ether oxygens (including phenoxy) is 1. The third-order valence-corrected chi connectivity index (χ3v) is 3.75. The van der Waals surface area contributed by atoms with Crippen molar-refractivity contribution in [3.63, 3.8) is 0 Å². The maximum Gasteiger partial charge on any atom is 0.248 e. The largest absolute Gasteiger partial charge is 0.435 e. The third-order valence-electron chi connectivity index (χ3n) is 3.75. The Morgan fingerprint density at radius 3 is 3.00 bits per heavy atom. The van der Waals surface area contributed by atoms with Crippen molar-refractivity contribution in [2.45, 2.75) is 32.2 Å². The molecule has 0 amide bonds. The first-order valence-electron chi connectivity index (χ1n) is 7.20. The maximum absolute atomic E-state index is 6.21. The van der Waals surface area contributed by atoms with Crippen LogP contribution >= 0.6 is 0 Å². The fourth-order valence-electron chi connectivity index (χ4n) is 2.61. The van der Waals surface area contributed by atoms with Crippen molar-refractivity contribution >= 4 is 11.5 Å². The van der Waals surface area contributed by atoms with Crippen LogP contribution < -0.4 is 15.4 Å². The van der Waals surface area contributed by atoms with Gasteiger partial charge in [-0.2, -0.15) is 4.98 Å². The van der Waals surface area contributed by atoms with Gasteiger partial charge in [0.25, 0.3) is 0 Å². The van der Waals surface area contributed by atoms with Gasteiger partial charge in [0.2, 0.25) is 5.88 Å². The molecule has 21 heavy (non-hydrogen) atoms. The summed E-state index contributed by atoms with van der Waals surface area (Å²) in [5, 5.41) is 0. The summed E-state index contributed by atoms with van der Waals surface area (Å²) in [6.07, 6.45) is 8.39. The second-order valence-electron chi connectivity index (χ2n) is 5.25. The number of anilines is 2. The summed E-state index contributed by atoms with van der Waals surface area (Å²) in [6, 6.07) is 4.06. The second kappa shape index (κ2) is 5.95. The predicted octanol–water partition coefficient (Wildman–Crippen LogP) is 2.62. The molecular formula is C15H19N5O. The first kappa shape index (κ1) is 13.6. The van der Waals surface area contributed by atoms with E-state index in [2.05, 4.69) is 26.8 Å². The molecule has 1 saturated heterocycles. The smallest absolute Gasteiger partial charge is 0.248 e. The molecule has 1 atom stereocenters. The van der Waals surface area contributed by atoms with Gasteiger partial charge in [-0.15, -0.1) is 0 Å². The fraction of sp³-hybridized carbons (Fsp3) is 0.400. The summed E-state index contributed by atoms with van der Waals surface area (Å²) >= 11 is 0. The van der Waals surface area contributed by atoms with Crippen LogP contribution in [0.2, 0.25) is 0 Å². The Labute approximate surface area is 124 Å². The van der Waals surface area contributed by atoms with E-state index in [9.17, 15) is 0 Å². The molecule has 1 aliphatic rings.